The van der Waals surface area contributed by atoms with E-state index in [-0.39, 0.29) is 5.97 Å². The van der Waals surface area contributed by atoms with Gasteiger partial charge in [-0.25, -0.2) is 0 Å². The Labute approximate surface area is 200 Å². The maximum atomic E-state index is 11.3. The molecule has 0 bridgehead atoms. The van der Waals surface area contributed by atoms with Crippen LogP contribution in [0.3, 0.4) is 0 Å². The molecule has 2 aromatic carbocycles. The van der Waals surface area contributed by atoms with Crippen molar-refractivity contribution in [3.05, 3.63) is 71.3 Å². The second-order valence-corrected chi connectivity index (χ2v) is 9.14. The predicted octanol–water partition coefficient (Wildman–Crippen LogP) is 7.93. The summed E-state index contributed by atoms with van der Waals surface area (Å²) in [5, 5.41) is 0. The molecule has 0 saturated carbocycles. The number of aryl methyl sites for hydroxylation is 1. The molecule has 2 aromatic rings. The van der Waals surface area contributed by atoms with Crippen molar-refractivity contribution < 1.29 is 14.3 Å². The van der Waals surface area contributed by atoms with Crippen LogP contribution in [-0.2, 0) is 16.0 Å². The summed E-state index contributed by atoms with van der Waals surface area (Å²) in [5.74, 6) is 0.771. The van der Waals surface area contributed by atoms with E-state index in [1.165, 1.54) is 80.7 Å². The number of carbonyl (C=O) groups excluding carboxylic acids is 1. The molecule has 178 valence electrons. The standard InChI is InChI=1S/C30H40O3/c1-32-30(31)19-13-14-25-20-22-28(23-21-25)33-24-27-17-9-6-4-2-3-5-7-12-18-29(27)26-15-10-8-11-16-26/h8,10-11,15-16,20-23H,2-7,9,12-14,17-19,24H2,1H3. The molecule has 3 nitrogen and oxygen atoms in total. The Morgan fingerprint density at radius 1 is 0.788 bits per heavy atom. The first-order valence-corrected chi connectivity index (χ1v) is 12.8. The maximum absolute atomic E-state index is 11.3. The molecule has 1 aliphatic carbocycles. The van der Waals surface area contributed by atoms with E-state index in [1.54, 1.807) is 0 Å². The van der Waals surface area contributed by atoms with Crippen molar-refractivity contribution in [1.82, 2.24) is 0 Å². The van der Waals surface area contributed by atoms with Gasteiger partial charge in [-0.05, 0) is 72.9 Å². The van der Waals surface area contributed by atoms with Crippen molar-refractivity contribution in [3.8, 4) is 5.75 Å². The van der Waals surface area contributed by atoms with Gasteiger partial charge in [0.1, 0.15) is 12.4 Å². The van der Waals surface area contributed by atoms with Gasteiger partial charge >= 0.3 is 5.97 Å². The van der Waals surface area contributed by atoms with Crippen LogP contribution in [0.15, 0.2) is 60.2 Å². The number of methoxy groups -OCH3 is 1. The lowest BCUT2D eigenvalue weighted by molar-refractivity contribution is -0.140. The van der Waals surface area contributed by atoms with Crippen molar-refractivity contribution in [3.63, 3.8) is 0 Å². The van der Waals surface area contributed by atoms with Crippen LogP contribution in [0.25, 0.3) is 5.57 Å². The summed E-state index contributed by atoms with van der Waals surface area (Å²) in [5.41, 5.74) is 5.54. The van der Waals surface area contributed by atoms with Crippen molar-refractivity contribution in [2.24, 2.45) is 0 Å². The molecule has 0 spiro atoms. The number of rotatable bonds is 8. The smallest absolute Gasteiger partial charge is 0.305 e. The Bertz CT molecular complexity index is 852. The van der Waals surface area contributed by atoms with Gasteiger partial charge < -0.3 is 9.47 Å². The van der Waals surface area contributed by atoms with Crippen molar-refractivity contribution >= 4 is 11.5 Å². The number of benzene rings is 2. The molecule has 33 heavy (non-hydrogen) atoms. The number of allylic oxidation sites excluding steroid dienone is 1. The van der Waals surface area contributed by atoms with Crippen molar-refractivity contribution in [2.75, 3.05) is 13.7 Å². The average Bonchev–Trinajstić information content (AvgIpc) is 2.85. The lowest BCUT2D eigenvalue weighted by Crippen LogP contribution is -2.06. The number of hydrogen-bond donors (Lipinski definition) is 0. The highest BCUT2D eigenvalue weighted by Gasteiger charge is 2.12. The Balaban J connectivity index is 1.67. The van der Waals surface area contributed by atoms with Crippen LogP contribution in [0.5, 0.6) is 5.75 Å². The lowest BCUT2D eigenvalue weighted by atomic mass is 9.91. The molecular formula is C30H40O3. The molecule has 0 aromatic heterocycles. The van der Waals surface area contributed by atoms with Crippen LogP contribution in [-0.4, -0.2) is 19.7 Å². The summed E-state index contributed by atoms with van der Waals surface area (Å²) in [6.07, 6.45) is 15.0. The van der Waals surface area contributed by atoms with E-state index in [0.29, 0.717) is 13.0 Å². The molecular weight excluding hydrogens is 408 g/mol. The second kappa shape index (κ2) is 14.6. The first-order valence-electron chi connectivity index (χ1n) is 12.8. The molecule has 1 aliphatic rings. The fourth-order valence-electron chi connectivity index (χ4n) is 4.64. The highest BCUT2D eigenvalue weighted by atomic mass is 16.5. The van der Waals surface area contributed by atoms with Crippen LogP contribution in [0.1, 0.15) is 88.2 Å². The second-order valence-electron chi connectivity index (χ2n) is 9.14. The molecule has 0 fully saturated rings. The molecule has 0 unspecified atom stereocenters. The number of hydrogen-bond acceptors (Lipinski definition) is 3. The van der Waals surface area contributed by atoms with Gasteiger partial charge in [-0.2, -0.15) is 0 Å². The fourth-order valence-corrected chi connectivity index (χ4v) is 4.64. The molecule has 0 atom stereocenters. The third kappa shape index (κ3) is 9.07. The zero-order valence-electron chi connectivity index (χ0n) is 20.3. The Kier molecular flexibility index (Phi) is 11.1. The minimum absolute atomic E-state index is 0.144. The maximum Gasteiger partial charge on any atom is 0.305 e. The topological polar surface area (TPSA) is 35.5 Å². The van der Waals surface area contributed by atoms with Gasteiger partial charge in [-0.3, -0.25) is 4.79 Å². The van der Waals surface area contributed by atoms with Gasteiger partial charge in [-0.15, -0.1) is 0 Å². The van der Waals surface area contributed by atoms with E-state index in [9.17, 15) is 4.79 Å². The minimum Gasteiger partial charge on any atom is -0.489 e. The van der Waals surface area contributed by atoms with Crippen LogP contribution in [0, 0.1) is 0 Å². The SMILES string of the molecule is COC(=O)CCCc1ccc(OCC2=C(c3ccccc3)CCCCCCCCCC2)cc1. The first-order chi connectivity index (χ1) is 16.3. The fraction of sp³-hybridized carbons (Fsp3) is 0.500. The van der Waals surface area contributed by atoms with E-state index in [0.717, 1.165) is 31.4 Å². The highest BCUT2D eigenvalue weighted by Crippen LogP contribution is 2.30. The van der Waals surface area contributed by atoms with E-state index in [2.05, 4.69) is 54.6 Å². The zero-order chi connectivity index (χ0) is 23.1. The van der Waals surface area contributed by atoms with Crippen LogP contribution < -0.4 is 4.74 Å². The Morgan fingerprint density at radius 2 is 1.42 bits per heavy atom. The highest BCUT2D eigenvalue weighted by molar-refractivity contribution is 5.69. The minimum atomic E-state index is -0.144. The third-order valence-electron chi connectivity index (χ3n) is 6.61. The molecule has 0 aliphatic heterocycles. The van der Waals surface area contributed by atoms with Crippen LogP contribution >= 0.6 is 0 Å². The quantitative estimate of drug-likeness (QED) is 0.385. The molecule has 3 rings (SSSR count). The van der Waals surface area contributed by atoms with E-state index in [4.69, 9.17) is 9.47 Å². The summed E-state index contributed by atoms with van der Waals surface area (Å²) < 4.78 is 11.0. The summed E-state index contributed by atoms with van der Waals surface area (Å²) in [4.78, 5) is 11.3. The van der Waals surface area contributed by atoms with Crippen molar-refractivity contribution in [2.45, 2.75) is 83.5 Å². The molecule has 3 heteroatoms. The Hall–Kier alpha value is -2.55. The van der Waals surface area contributed by atoms with Gasteiger partial charge in [0, 0.05) is 6.42 Å². The Morgan fingerprint density at radius 3 is 2.09 bits per heavy atom. The van der Waals surface area contributed by atoms with Crippen LogP contribution in [0.4, 0.5) is 0 Å². The molecule has 0 N–H and O–H groups in total. The zero-order valence-corrected chi connectivity index (χ0v) is 20.3. The number of ether oxygens (including phenoxy) is 2. The van der Waals surface area contributed by atoms with Gasteiger partial charge in [0.05, 0.1) is 7.11 Å². The van der Waals surface area contributed by atoms with E-state index in [1.807, 2.05) is 0 Å². The normalized spacial score (nSPS) is 15.9. The van der Waals surface area contributed by atoms with Crippen molar-refractivity contribution in [1.29, 1.82) is 0 Å². The summed E-state index contributed by atoms with van der Waals surface area (Å²) in [6, 6.07) is 19.3. The first kappa shape index (κ1) is 25.1. The third-order valence-corrected chi connectivity index (χ3v) is 6.61. The molecule has 0 amide bonds. The van der Waals surface area contributed by atoms with E-state index >= 15 is 0 Å². The molecule has 0 heterocycles. The monoisotopic (exact) mass is 448 g/mol. The van der Waals surface area contributed by atoms with Gasteiger partial charge in [0.25, 0.3) is 0 Å². The van der Waals surface area contributed by atoms with E-state index < -0.39 is 0 Å². The molecule has 0 saturated heterocycles. The summed E-state index contributed by atoms with van der Waals surface area (Å²) >= 11 is 0. The lowest BCUT2D eigenvalue weighted by Gasteiger charge is -2.18. The largest absolute Gasteiger partial charge is 0.489 e. The number of esters is 1. The van der Waals surface area contributed by atoms with Gasteiger partial charge in [0.15, 0.2) is 0 Å². The van der Waals surface area contributed by atoms with Crippen LogP contribution in [0.2, 0.25) is 0 Å². The summed E-state index contributed by atoms with van der Waals surface area (Å²) in [7, 11) is 1.44. The number of carbonyl (C=O) groups is 1. The van der Waals surface area contributed by atoms with Gasteiger partial charge in [0.2, 0.25) is 0 Å². The van der Waals surface area contributed by atoms with Gasteiger partial charge in [-0.1, -0.05) is 81.0 Å². The molecule has 0 radical (unpaired) electrons. The summed E-state index contributed by atoms with van der Waals surface area (Å²) in [6.45, 7) is 0.659. The average molecular weight is 449 g/mol. The predicted molar refractivity (Wildman–Crippen MR) is 136 cm³/mol.